The molecule has 0 saturated heterocycles. The Bertz CT molecular complexity index is 431. The van der Waals surface area contributed by atoms with Gasteiger partial charge in [0.25, 0.3) is 0 Å². The summed E-state index contributed by atoms with van der Waals surface area (Å²) in [5.74, 6) is 0.586. The Labute approximate surface area is 130 Å². The van der Waals surface area contributed by atoms with Crippen LogP contribution in [0.25, 0.3) is 0 Å². The Morgan fingerprint density at radius 3 is 1.30 bits per heavy atom. The number of hydrogen-bond donors (Lipinski definition) is 0. The van der Waals surface area contributed by atoms with Gasteiger partial charge in [0.15, 0.2) is 0 Å². The van der Waals surface area contributed by atoms with Crippen LogP contribution in [-0.4, -0.2) is 65.2 Å². The Morgan fingerprint density at radius 1 is 0.700 bits per heavy atom. The Kier molecular flexibility index (Phi) is 8.69. The van der Waals surface area contributed by atoms with Gasteiger partial charge in [-0.2, -0.15) is 0 Å². The summed E-state index contributed by atoms with van der Waals surface area (Å²) in [6.07, 6.45) is 5.50. The van der Waals surface area contributed by atoms with Crippen molar-refractivity contribution in [3.63, 3.8) is 0 Å². The fraction of sp³-hybridized carbons (Fsp3) is 0.571. The maximum absolute atomic E-state index is 5.44. The van der Waals surface area contributed by atoms with Gasteiger partial charge in [-0.05, 0) is 0 Å². The van der Waals surface area contributed by atoms with Crippen molar-refractivity contribution in [2.24, 2.45) is 0 Å². The summed E-state index contributed by atoms with van der Waals surface area (Å²) in [6, 6.07) is 0. The molecule has 0 saturated carbocycles. The van der Waals surface area contributed by atoms with E-state index in [0.29, 0.717) is 5.95 Å². The van der Waals surface area contributed by atoms with E-state index in [1.807, 2.05) is 0 Å². The number of rotatable bonds is 4. The molecular formula is C14H24O4Sn2. The Hall–Kier alpha value is -0.343. The third-order valence-corrected chi connectivity index (χ3v) is 39.1. The third-order valence-electron chi connectivity index (χ3n) is 2.76. The zero-order chi connectivity index (χ0) is 15.8. The summed E-state index contributed by atoms with van der Waals surface area (Å²) in [6.45, 7) is 0. The van der Waals surface area contributed by atoms with Crippen LogP contribution in [-0.2, 0) is 18.9 Å². The van der Waals surface area contributed by atoms with Crippen molar-refractivity contribution in [1.29, 1.82) is 0 Å². The van der Waals surface area contributed by atoms with Gasteiger partial charge in [0.1, 0.15) is 0 Å². The average molecular weight is 494 g/mol. The molecule has 0 N–H and O–H groups in total. The molecule has 0 aromatic heterocycles. The first-order chi connectivity index (χ1) is 9.26. The molecule has 0 unspecified atom stereocenters. The van der Waals surface area contributed by atoms with Crippen molar-refractivity contribution >= 4 is 36.8 Å². The second-order valence-corrected chi connectivity index (χ2v) is 32.1. The van der Waals surface area contributed by atoms with Gasteiger partial charge in [0.05, 0.1) is 0 Å². The molecule has 0 aliphatic carbocycles. The predicted octanol–water partition coefficient (Wildman–Crippen LogP) is 2.28. The first kappa shape index (κ1) is 19.7. The minimum absolute atomic E-state index is 0.586. The Balaban J connectivity index is 6.07. The van der Waals surface area contributed by atoms with Crippen molar-refractivity contribution in [2.75, 3.05) is 28.4 Å². The molecule has 0 aromatic carbocycles. The Morgan fingerprint density at radius 2 is 1.05 bits per heavy atom. The molecule has 0 radical (unpaired) electrons. The monoisotopic (exact) mass is 496 g/mol. The average Bonchev–Trinajstić information content (AvgIpc) is 2.39. The van der Waals surface area contributed by atoms with E-state index in [1.165, 1.54) is 1.60 Å². The second-order valence-electron chi connectivity index (χ2n) is 5.18. The molecule has 0 amide bonds. The second kappa shape index (κ2) is 8.84. The van der Waals surface area contributed by atoms with Crippen LogP contribution in [0.3, 0.4) is 0 Å². The van der Waals surface area contributed by atoms with Gasteiger partial charge in [-0.3, -0.25) is 0 Å². The van der Waals surface area contributed by atoms with Crippen LogP contribution in [0.5, 0.6) is 0 Å². The van der Waals surface area contributed by atoms with Gasteiger partial charge in [0, 0.05) is 0 Å². The SMILES string of the molecule is COC#[C][Sn]([CH3])([CH3])[C](=C(OC)OC)[Sn]([CH3])([CH3])[C]#COC. The van der Waals surface area contributed by atoms with Crippen molar-refractivity contribution in [2.45, 2.75) is 19.8 Å². The predicted molar refractivity (Wildman–Crippen MR) is 85.6 cm³/mol. The van der Waals surface area contributed by atoms with Crippen molar-refractivity contribution in [3.8, 4) is 20.1 Å². The molecule has 0 rings (SSSR count). The summed E-state index contributed by atoms with van der Waals surface area (Å²) >= 11 is -5.79. The van der Waals surface area contributed by atoms with Crippen LogP contribution in [0.4, 0.5) is 0 Å². The summed E-state index contributed by atoms with van der Waals surface area (Å²) in [7, 11) is 6.39. The molecule has 0 heterocycles. The van der Waals surface area contributed by atoms with E-state index >= 15 is 0 Å². The molecule has 6 heteroatoms. The van der Waals surface area contributed by atoms with Gasteiger partial charge in [-0.15, -0.1) is 0 Å². The third kappa shape index (κ3) is 5.57. The molecule has 0 spiro atoms. The van der Waals surface area contributed by atoms with Crippen molar-refractivity contribution < 1.29 is 18.9 Å². The summed E-state index contributed by atoms with van der Waals surface area (Å²) in [5.41, 5.74) is 0. The van der Waals surface area contributed by atoms with E-state index in [4.69, 9.17) is 18.9 Å². The summed E-state index contributed by atoms with van der Waals surface area (Å²) < 4.78 is 28.6. The zero-order valence-corrected chi connectivity index (χ0v) is 19.3. The quantitative estimate of drug-likeness (QED) is 0.342. The molecule has 0 bridgehead atoms. The normalized spacial score (nSPS) is 10.2. The molecule has 112 valence electrons. The molecule has 0 aliphatic rings. The van der Waals surface area contributed by atoms with Gasteiger partial charge in [-0.1, -0.05) is 0 Å². The van der Waals surface area contributed by atoms with Gasteiger partial charge in [-0.25, -0.2) is 0 Å². The molecule has 0 aliphatic heterocycles. The molecular weight excluding hydrogens is 470 g/mol. The van der Waals surface area contributed by atoms with Crippen molar-refractivity contribution in [1.82, 2.24) is 0 Å². The van der Waals surface area contributed by atoms with Crippen LogP contribution < -0.4 is 0 Å². The van der Waals surface area contributed by atoms with E-state index in [1.54, 1.807) is 28.4 Å². The van der Waals surface area contributed by atoms with E-state index in [-0.39, 0.29) is 0 Å². The first-order valence-electron chi connectivity index (χ1n) is 6.20. The zero-order valence-electron chi connectivity index (χ0n) is 13.6. The van der Waals surface area contributed by atoms with E-state index in [2.05, 4.69) is 39.8 Å². The number of methoxy groups -OCH3 is 4. The van der Waals surface area contributed by atoms with Gasteiger partial charge >= 0.3 is 132 Å². The standard InChI is InChI=1S/C4H6O2.2C3H3O.4CH3.2Sn/c1-4(5-2)6-3;2*1-3-4-2;;;;;;/h2-3H3;2*2H3;4*1H3;;. The maximum atomic E-state index is 5.44. The summed E-state index contributed by atoms with van der Waals surface area (Å²) in [4.78, 5) is 8.89. The molecule has 20 heavy (non-hydrogen) atoms. The van der Waals surface area contributed by atoms with E-state index < -0.39 is 36.8 Å². The topological polar surface area (TPSA) is 36.9 Å². The minimum atomic E-state index is -2.89. The summed E-state index contributed by atoms with van der Waals surface area (Å²) in [5, 5.41) is 0. The van der Waals surface area contributed by atoms with Crippen molar-refractivity contribution in [3.05, 3.63) is 7.55 Å². The fourth-order valence-corrected chi connectivity index (χ4v) is 45.7. The van der Waals surface area contributed by atoms with Crippen LogP contribution in [0.1, 0.15) is 0 Å². The van der Waals surface area contributed by atoms with E-state index in [9.17, 15) is 0 Å². The molecule has 0 aromatic rings. The van der Waals surface area contributed by atoms with Crippen LogP contribution >= 0.6 is 0 Å². The first-order valence-corrected chi connectivity index (χ1v) is 23.3. The van der Waals surface area contributed by atoms with Crippen LogP contribution in [0, 0.1) is 20.1 Å². The molecule has 0 atom stereocenters. The molecule has 4 nitrogen and oxygen atoms in total. The van der Waals surface area contributed by atoms with Crippen LogP contribution in [0.2, 0.25) is 19.8 Å². The number of ether oxygens (including phenoxy) is 4. The van der Waals surface area contributed by atoms with Gasteiger partial charge in [0.2, 0.25) is 0 Å². The van der Waals surface area contributed by atoms with E-state index in [0.717, 1.165) is 0 Å². The van der Waals surface area contributed by atoms with Crippen LogP contribution in [0.15, 0.2) is 7.55 Å². The number of hydrogen-bond acceptors (Lipinski definition) is 4. The van der Waals surface area contributed by atoms with Gasteiger partial charge < -0.3 is 0 Å². The fourth-order valence-electron chi connectivity index (χ4n) is 2.06. The molecule has 0 fully saturated rings.